The first kappa shape index (κ1) is 12.6. The zero-order chi connectivity index (χ0) is 13.4. The minimum absolute atomic E-state index is 0.221. The number of aryl methyl sites for hydroxylation is 1. The maximum Gasteiger partial charge on any atom is 0.228 e. The molecule has 3 rings (SSSR count). The van der Waals surface area contributed by atoms with Gasteiger partial charge in [-0.1, -0.05) is 0 Å². The number of rotatable bonds is 2. The van der Waals surface area contributed by atoms with Gasteiger partial charge in [0.2, 0.25) is 5.91 Å². The van der Waals surface area contributed by atoms with E-state index in [2.05, 4.69) is 16.9 Å². The summed E-state index contributed by atoms with van der Waals surface area (Å²) in [5, 5.41) is 2.04. The number of fused-ring (bicyclic) bond motifs is 1. The summed E-state index contributed by atoms with van der Waals surface area (Å²) in [5.74, 6) is 0.221. The van der Waals surface area contributed by atoms with Gasteiger partial charge in [0.1, 0.15) is 0 Å². The van der Waals surface area contributed by atoms with Crippen molar-refractivity contribution in [1.82, 2.24) is 19.2 Å². The summed E-state index contributed by atoms with van der Waals surface area (Å²) in [7, 11) is 2.10. The van der Waals surface area contributed by atoms with Gasteiger partial charge in [-0.2, -0.15) is 0 Å². The second-order valence-corrected chi connectivity index (χ2v) is 5.96. The van der Waals surface area contributed by atoms with Crippen LogP contribution < -0.4 is 0 Å². The molecule has 0 radical (unpaired) electrons. The van der Waals surface area contributed by atoms with Gasteiger partial charge in [-0.25, -0.2) is 4.98 Å². The molecule has 0 aromatic carbocycles. The Hall–Kier alpha value is -1.40. The van der Waals surface area contributed by atoms with Crippen molar-refractivity contribution >= 4 is 22.2 Å². The quantitative estimate of drug-likeness (QED) is 0.823. The van der Waals surface area contributed by atoms with Crippen LogP contribution in [0.1, 0.15) is 11.4 Å². The van der Waals surface area contributed by atoms with Gasteiger partial charge in [0.15, 0.2) is 4.96 Å². The molecule has 1 aliphatic heterocycles. The van der Waals surface area contributed by atoms with E-state index in [1.807, 2.05) is 27.8 Å². The van der Waals surface area contributed by atoms with E-state index < -0.39 is 0 Å². The molecule has 1 saturated heterocycles. The van der Waals surface area contributed by atoms with Gasteiger partial charge < -0.3 is 9.80 Å². The molecule has 0 saturated carbocycles. The van der Waals surface area contributed by atoms with E-state index in [1.165, 1.54) is 0 Å². The number of thiazole rings is 1. The normalized spacial score (nSPS) is 17.3. The number of carbonyl (C=O) groups is 1. The highest BCUT2D eigenvalue weighted by Gasteiger charge is 2.20. The average molecular weight is 278 g/mol. The van der Waals surface area contributed by atoms with Crippen molar-refractivity contribution in [2.24, 2.45) is 0 Å². The first-order valence-electron chi connectivity index (χ1n) is 6.52. The van der Waals surface area contributed by atoms with Crippen molar-refractivity contribution in [3.8, 4) is 0 Å². The Morgan fingerprint density at radius 3 is 2.84 bits per heavy atom. The summed E-state index contributed by atoms with van der Waals surface area (Å²) in [5.41, 5.74) is 2.05. The lowest BCUT2D eigenvalue weighted by Crippen LogP contribution is -2.47. The summed E-state index contributed by atoms with van der Waals surface area (Å²) in [6.07, 6.45) is 2.47. The monoisotopic (exact) mass is 278 g/mol. The molecular formula is C13H18N4OS. The van der Waals surface area contributed by atoms with Crippen LogP contribution in [0.25, 0.3) is 4.96 Å². The number of piperazine rings is 1. The SMILES string of the molecule is Cc1cn2c(CC(=O)N3CCN(C)CC3)csc2n1. The number of amides is 1. The van der Waals surface area contributed by atoms with Gasteiger partial charge in [-0.15, -0.1) is 11.3 Å². The Labute approximate surface area is 116 Å². The van der Waals surface area contributed by atoms with Gasteiger partial charge in [0.05, 0.1) is 12.1 Å². The molecule has 0 spiro atoms. The van der Waals surface area contributed by atoms with Gasteiger partial charge in [0, 0.05) is 43.4 Å². The predicted octanol–water partition coefficient (Wildman–Crippen LogP) is 1.02. The van der Waals surface area contributed by atoms with E-state index in [4.69, 9.17) is 0 Å². The molecule has 0 N–H and O–H groups in total. The lowest BCUT2D eigenvalue weighted by molar-refractivity contribution is -0.132. The van der Waals surface area contributed by atoms with E-state index in [-0.39, 0.29) is 5.91 Å². The van der Waals surface area contributed by atoms with Crippen LogP contribution in [0.15, 0.2) is 11.6 Å². The number of hydrogen-bond acceptors (Lipinski definition) is 4. The molecule has 6 heteroatoms. The zero-order valence-corrected chi connectivity index (χ0v) is 12.1. The molecule has 1 fully saturated rings. The number of hydrogen-bond donors (Lipinski definition) is 0. The number of carbonyl (C=O) groups excluding carboxylic acids is 1. The molecule has 1 aliphatic rings. The third-order valence-corrected chi connectivity index (χ3v) is 4.48. The molecule has 0 atom stereocenters. The topological polar surface area (TPSA) is 40.9 Å². The summed E-state index contributed by atoms with van der Waals surface area (Å²) >= 11 is 1.60. The van der Waals surface area contributed by atoms with Gasteiger partial charge in [0.25, 0.3) is 0 Å². The highest BCUT2D eigenvalue weighted by molar-refractivity contribution is 7.15. The number of aromatic nitrogens is 2. The highest BCUT2D eigenvalue weighted by atomic mass is 32.1. The molecule has 3 heterocycles. The molecule has 2 aromatic heterocycles. The summed E-state index contributed by atoms with van der Waals surface area (Å²) < 4.78 is 2.04. The molecule has 1 amide bonds. The van der Waals surface area contributed by atoms with Crippen LogP contribution in [-0.2, 0) is 11.2 Å². The molecule has 0 bridgehead atoms. The fourth-order valence-corrected chi connectivity index (χ4v) is 3.31. The standard InChI is InChI=1S/C13H18N4OS/c1-10-8-17-11(9-19-13(17)14-10)7-12(18)16-5-3-15(2)4-6-16/h8-9H,3-7H2,1-2H3. The Balaban J connectivity index is 1.72. The largest absolute Gasteiger partial charge is 0.340 e. The third kappa shape index (κ3) is 2.50. The minimum atomic E-state index is 0.221. The van der Waals surface area contributed by atoms with Crippen molar-refractivity contribution in [3.05, 3.63) is 23.0 Å². The summed E-state index contributed by atoms with van der Waals surface area (Å²) in [4.78, 5) is 21.9. The second kappa shape index (κ2) is 4.94. The first-order valence-corrected chi connectivity index (χ1v) is 7.40. The van der Waals surface area contributed by atoms with E-state index in [9.17, 15) is 4.79 Å². The lowest BCUT2D eigenvalue weighted by Gasteiger charge is -2.32. The van der Waals surface area contributed by atoms with E-state index in [0.717, 1.165) is 42.5 Å². The Kier molecular flexibility index (Phi) is 3.28. The zero-order valence-electron chi connectivity index (χ0n) is 11.3. The van der Waals surface area contributed by atoms with Crippen molar-refractivity contribution < 1.29 is 4.79 Å². The van der Waals surface area contributed by atoms with Crippen molar-refractivity contribution in [2.75, 3.05) is 33.2 Å². The molecular weight excluding hydrogens is 260 g/mol. The first-order chi connectivity index (χ1) is 9.13. The number of imidazole rings is 1. The van der Waals surface area contributed by atoms with E-state index in [1.54, 1.807) is 11.3 Å². The average Bonchev–Trinajstić information content (AvgIpc) is 2.91. The van der Waals surface area contributed by atoms with Crippen LogP contribution in [-0.4, -0.2) is 58.3 Å². The fourth-order valence-electron chi connectivity index (χ4n) is 2.39. The Bertz CT molecular complexity index is 595. The van der Waals surface area contributed by atoms with E-state index >= 15 is 0 Å². The highest BCUT2D eigenvalue weighted by Crippen LogP contribution is 2.17. The van der Waals surface area contributed by atoms with E-state index in [0.29, 0.717) is 6.42 Å². The van der Waals surface area contributed by atoms with Crippen molar-refractivity contribution in [2.45, 2.75) is 13.3 Å². The molecule has 5 nitrogen and oxygen atoms in total. The molecule has 0 aliphatic carbocycles. The lowest BCUT2D eigenvalue weighted by atomic mass is 10.2. The summed E-state index contributed by atoms with van der Waals surface area (Å²) in [6, 6.07) is 0. The molecule has 102 valence electrons. The fraction of sp³-hybridized carbons (Fsp3) is 0.538. The predicted molar refractivity (Wildman–Crippen MR) is 75.6 cm³/mol. The Morgan fingerprint density at radius 2 is 2.11 bits per heavy atom. The minimum Gasteiger partial charge on any atom is -0.340 e. The van der Waals surface area contributed by atoms with Crippen LogP contribution in [0.2, 0.25) is 0 Å². The van der Waals surface area contributed by atoms with Crippen LogP contribution in [0.5, 0.6) is 0 Å². The maximum absolute atomic E-state index is 12.3. The van der Waals surface area contributed by atoms with Gasteiger partial charge in [-0.3, -0.25) is 9.20 Å². The smallest absolute Gasteiger partial charge is 0.228 e. The second-order valence-electron chi connectivity index (χ2n) is 5.12. The van der Waals surface area contributed by atoms with Crippen LogP contribution in [0.4, 0.5) is 0 Å². The molecule has 0 unspecified atom stereocenters. The van der Waals surface area contributed by atoms with Crippen molar-refractivity contribution in [3.63, 3.8) is 0 Å². The van der Waals surface area contributed by atoms with Crippen LogP contribution in [0.3, 0.4) is 0 Å². The Morgan fingerprint density at radius 1 is 1.37 bits per heavy atom. The van der Waals surface area contributed by atoms with Gasteiger partial charge >= 0.3 is 0 Å². The van der Waals surface area contributed by atoms with Crippen LogP contribution >= 0.6 is 11.3 Å². The summed E-state index contributed by atoms with van der Waals surface area (Å²) in [6.45, 7) is 5.59. The number of likely N-dealkylation sites (N-methyl/N-ethyl adjacent to an activating group) is 1. The van der Waals surface area contributed by atoms with Crippen LogP contribution in [0, 0.1) is 6.92 Å². The number of nitrogens with zero attached hydrogens (tertiary/aromatic N) is 4. The molecule has 19 heavy (non-hydrogen) atoms. The molecule has 2 aromatic rings. The maximum atomic E-state index is 12.3. The third-order valence-electron chi connectivity index (χ3n) is 3.59. The van der Waals surface area contributed by atoms with Crippen molar-refractivity contribution in [1.29, 1.82) is 0 Å². The van der Waals surface area contributed by atoms with Gasteiger partial charge in [-0.05, 0) is 14.0 Å².